The number of benzene rings is 1. The minimum Gasteiger partial charge on any atom is -0.497 e. The number of amides is 1. The molecular formula is C17H25NO3S2. The lowest BCUT2D eigenvalue weighted by Crippen LogP contribution is -2.31. The molecule has 1 heterocycles. The second kappa shape index (κ2) is 7.71. The number of hydrogen-bond donors (Lipinski definition) is 0. The van der Waals surface area contributed by atoms with Crippen LogP contribution in [-0.4, -0.2) is 47.8 Å². The van der Waals surface area contributed by atoms with Crippen molar-refractivity contribution in [2.45, 2.75) is 30.9 Å². The average Bonchev–Trinajstić information content (AvgIpc) is 2.86. The monoisotopic (exact) mass is 355 g/mol. The van der Waals surface area contributed by atoms with E-state index in [9.17, 15) is 4.79 Å². The minimum absolute atomic E-state index is 0.0175. The van der Waals surface area contributed by atoms with Gasteiger partial charge in [0.2, 0.25) is 5.91 Å². The first-order chi connectivity index (χ1) is 10.9. The van der Waals surface area contributed by atoms with Crippen LogP contribution in [-0.2, 0) is 4.79 Å². The highest BCUT2D eigenvalue weighted by Crippen LogP contribution is 2.43. The van der Waals surface area contributed by atoms with Gasteiger partial charge in [-0.15, -0.1) is 11.8 Å². The van der Waals surface area contributed by atoms with Crippen molar-refractivity contribution >= 4 is 29.4 Å². The lowest BCUT2D eigenvalue weighted by Gasteiger charge is -2.27. The predicted octanol–water partition coefficient (Wildman–Crippen LogP) is 3.81. The third-order valence-electron chi connectivity index (χ3n) is 3.54. The van der Waals surface area contributed by atoms with Crippen LogP contribution < -0.4 is 9.47 Å². The molecule has 1 saturated heterocycles. The molecule has 0 radical (unpaired) electrons. The molecule has 0 spiro atoms. The SMILES string of the molecule is COc1ccc(C2SCC(=O)N2CCSC(C)(C)C)c(OC)c1. The molecule has 1 fully saturated rings. The molecule has 1 aliphatic heterocycles. The van der Waals surface area contributed by atoms with Crippen LogP contribution in [0.5, 0.6) is 11.5 Å². The van der Waals surface area contributed by atoms with Gasteiger partial charge in [-0.2, -0.15) is 11.8 Å². The number of methoxy groups -OCH3 is 2. The fourth-order valence-electron chi connectivity index (χ4n) is 2.43. The number of carbonyl (C=O) groups excluding carboxylic acids is 1. The Kier molecular flexibility index (Phi) is 6.14. The van der Waals surface area contributed by atoms with E-state index in [2.05, 4.69) is 20.8 Å². The fraction of sp³-hybridized carbons (Fsp3) is 0.588. The number of thioether (sulfide) groups is 2. The maximum Gasteiger partial charge on any atom is 0.233 e. The number of hydrogen-bond acceptors (Lipinski definition) is 5. The summed E-state index contributed by atoms with van der Waals surface area (Å²) in [5.41, 5.74) is 1.03. The van der Waals surface area contributed by atoms with Crippen LogP contribution in [0.2, 0.25) is 0 Å². The summed E-state index contributed by atoms with van der Waals surface area (Å²) < 4.78 is 11.0. The van der Waals surface area contributed by atoms with Gasteiger partial charge in [-0.25, -0.2) is 0 Å². The van der Waals surface area contributed by atoms with E-state index in [0.29, 0.717) is 5.75 Å². The number of nitrogens with zero attached hydrogens (tertiary/aromatic N) is 1. The van der Waals surface area contributed by atoms with Crippen molar-refractivity contribution in [3.05, 3.63) is 23.8 Å². The highest BCUT2D eigenvalue weighted by molar-refractivity contribution is 8.01. The highest BCUT2D eigenvalue weighted by Gasteiger charge is 2.34. The van der Waals surface area contributed by atoms with E-state index in [1.807, 2.05) is 34.9 Å². The van der Waals surface area contributed by atoms with E-state index in [-0.39, 0.29) is 16.0 Å². The van der Waals surface area contributed by atoms with Gasteiger partial charge in [0.1, 0.15) is 16.9 Å². The Morgan fingerprint density at radius 3 is 2.65 bits per heavy atom. The van der Waals surface area contributed by atoms with Gasteiger partial charge in [0.05, 0.1) is 20.0 Å². The first kappa shape index (κ1) is 18.3. The summed E-state index contributed by atoms with van der Waals surface area (Å²) in [6.45, 7) is 7.35. The Morgan fingerprint density at radius 2 is 2.04 bits per heavy atom. The molecule has 1 unspecified atom stereocenters. The third-order valence-corrected chi connectivity index (χ3v) is 6.03. The molecule has 1 atom stereocenters. The molecular weight excluding hydrogens is 330 g/mol. The van der Waals surface area contributed by atoms with E-state index in [1.54, 1.807) is 26.0 Å². The Hall–Kier alpha value is -1.01. The second-order valence-electron chi connectivity index (χ2n) is 6.32. The number of ether oxygens (including phenoxy) is 2. The van der Waals surface area contributed by atoms with Crippen molar-refractivity contribution in [2.75, 3.05) is 32.3 Å². The van der Waals surface area contributed by atoms with Crippen LogP contribution in [0, 0.1) is 0 Å². The van der Waals surface area contributed by atoms with Crippen LogP contribution >= 0.6 is 23.5 Å². The summed E-state index contributed by atoms with van der Waals surface area (Å²) in [6.07, 6.45) is 0. The Bertz CT molecular complexity index is 557. The maximum absolute atomic E-state index is 12.3. The average molecular weight is 356 g/mol. The number of rotatable bonds is 6. The molecule has 2 rings (SSSR count). The van der Waals surface area contributed by atoms with Gasteiger partial charge in [0.25, 0.3) is 0 Å². The summed E-state index contributed by atoms with van der Waals surface area (Å²) in [4.78, 5) is 14.2. The molecule has 6 heteroatoms. The van der Waals surface area contributed by atoms with Gasteiger partial charge in [-0.05, 0) is 12.1 Å². The van der Waals surface area contributed by atoms with E-state index in [0.717, 1.165) is 29.4 Å². The summed E-state index contributed by atoms with van der Waals surface area (Å²) in [5, 5.41) is 0.0175. The van der Waals surface area contributed by atoms with E-state index < -0.39 is 0 Å². The lowest BCUT2D eigenvalue weighted by molar-refractivity contribution is -0.127. The highest BCUT2D eigenvalue weighted by atomic mass is 32.2. The van der Waals surface area contributed by atoms with Gasteiger partial charge >= 0.3 is 0 Å². The lowest BCUT2D eigenvalue weighted by atomic mass is 10.1. The van der Waals surface area contributed by atoms with Crippen LogP contribution in [0.3, 0.4) is 0 Å². The summed E-state index contributed by atoms with van der Waals surface area (Å²) >= 11 is 3.54. The molecule has 0 N–H and O–H groups in total. The molecule has 0 aromatic heterocycles. The van der Waals surface area contributed by atoms with E-state index in [1.165, 1.54) is 0 Å². The van der Waals surface area contributed by atoms with Crippen molar-refractivity contribution in [1.29, 1.82) is 0 Å². The first-order valence-electron chi connectivity index (χ1n) is 7.62. The summed E-state index contributed by atoms with van der Waals surface area (Å²) in [7, 11) is 3.29. The van der Waals surface area contributed by atoms with Gasteiger partial charge in [0.15, 0.2) is 0 Å². The molecule has 1 aliphatic rings. The van der Waals surface area contributed by atoms with E-state index in [4.69, 9.17) is 9.47 Å². The molecule has 1 amide bonds. The van der Waals surface area contributed by atoms with Gasteiger partial charge in [0, 0.05) is 28.7 Å². The largest absolute Gasteiger partial charge is 0.497 e. The Balaban J connectivity index is 2.15. The molecule has 1 aromatic carbocycles. The quantitative estimate of drug-likeness (QED) is 0.776. The van der Waals surface area contributed by atoms with E-state index >= 15 is 0 Å². The molecule has 0 bridgehead atoms. The van der Waals surface area contributed by atoms with Crippen molar-refractivity contribution < 1.29 is 14.3 Å². The second-order valence-corrected chi connectivity index (χ2v) is 9.31. The van der Waals surface area contributed by atoms with Gasteiger partial charge < -0.3 is 14.4 Å². The third kappa shape index (κ3) is 4.73. The number of carbonyl (C=O) groups is 1. The predicted molar refractivity (Wildman–Crippen MR) is 98.7 cm³/mol. The van der Waals surface area contributed by atoms with Gasteiger partial charge in [-0.3, -0.25) is 4.79 Å². The standard InChI is InChI=1S/C17H25NO3S2/c1-17(2,3)23-9-8-18-15(19)11-22-16(18)13-7-6-12(20-4)10-14(13)21-5/h6-7,10,16H,8-9,11H2,1-5H3. The van der Waals surface area contributed by atoms with Crippen molar-refractivity contribution in [3.63, 3.8) is 0 Å². The minimum atomic E-state index is 0.0175. The van der Waals surface area contributed by atoms with Gasteiger partial charge in [-0.1, -0.05) is 20.8 Å². The molecule has 23 heavy (non-hydrogen) atoms. The molecule has 1 aromatic rings. The zero-order valence-electron chi connectivity index (χ0n) is 14.4. The first-order valence-corrected chi connectivity index (χ1v) is 9.66. The molecule has 4 nitrogen and oxygen atoms in total. The van der Waals surface area contributed by atoms with Crippen LogP contribution in [0.15, 0.2) is 18.2 Å². The fourth-order valence-corrected chi connectivity index (χ4v) is 4.57. The maximum atomic E-state index is 12.3. The zero-order valence-corrected chi connectivity index (χ0v) is 16.1. The molecule has 0 saturated carbocycles. The topological polar surface area (TPSA) is 38.8 Å². The van der Waals surface area contributed by atoms with Crippen LogP contribution in [0.4, 0.5) is 0 Å². The Labute approximate surface area is 147 Å². The Morgan fingerprint density at radius 1 is 1.30 bits per heavy atom. The van der Waals surface area contributed by atoms with Crippen molar-refractivity contribution in [2.24, 2.45) is 0 Å². The normalized spacial score (nSPS) is 18.4. The van der Waals surface area contributed by atoms with Crippen molar-refractivity contribution in [1.82, 2.24) is 4.90 Å². The van der Waals surface area contributed by atoms with Crippen LogP contribution in [0.25, 0.3) is 0 Å². The summed E-state index contributed by atoms with van der Waals surface area (Å²) in [5.74, 6) is 3.19. The zero-order chi connectivity index (χ0) is 17.0. The smallest absolute Gasteiger partial charge is 0.233 e. The molecule has 0 aliphatic carbocycles. The van der Waals surface area contributed by atoms with Crippen molar-refractivity contribution in [3.8, 4) is 11.5 Å². The molecule has 128 valence electrons. The van der Waals surface area contributed by atoms with Crippen LogP contribution in [0.1, 0.15) is 31.7 Å². The summed E-state index contributed by atoms with van der Waals surface area (Å²) in [6, 6.07) is 5.79.